The molecule has 0 spiro atoms. The van der Waals surface area contributed by atoms with E-state index in [1.807, 2.05) is 0 Å². The second-order valence-electron chi connectivity index (χ2n) is 7.08. The van der Waals surface area contributed by atoms with Crippen LogP contribution in [0.25, 0.3) is 0 Å². The van der Waals surface area contributed by atoms with E-state index in [2.05, 4.69) is 44.4 Å². The van der Waals surface area contributed by atoms with E-state index in [0.717, 1.165) is 0 Å². The number of hydrogen-bond acceptors (Lipinski definition) is 1. The van der Waals surface area contributed by atoms with Crippen molar-refractivity contribution in [2.24, 2.45) is 0 Å². The minimum absolute atomic E-state index is 0. The molecule has 0 aliphatic heterocycles. The van der Waals surface area contributed by atoms with Crippen molar-refractivity contribution in [2.45, 2.75) is 77.0 Å². The van der Waals surface area contributed by atoms with Gasteiger partial charge in [0.2, 0.25) is 0 Å². The minimum Gasteiger partial charge on any atom is -0.870 e. The smallest absolute Gasteiger partial charge is 0.0766 e. The van der Waals surface area contributed by atoms with Crippen LogP contribution < -0.4 is 4.90 Å². The maximum absolute atomic E-state index is 2.25. The molecule has 0 aliphatic rings. The highest BCUT2D eigenvalue weighted by atomic mass is 16.0. The third-order valence-corrected chi connectivity index (χ3v) is 4.49. The molecule has 1 aromatic carbocycles. The highest BCUT2D eigenvalue weighted by Gasteiger charge is 1.96. The van der Waals surface area contributed by atoms with Crippen LogP contribution in [0.4, 0.5) is 0 Å². The Labute approximate surface area is 144 Å². The average Bonchev–Trinajstić information content (AvgIpc) is 2.52. The zero-order valence-electron chi connectivity index (χ0n) is 15.5. The summed E-state index contributed by atoms with van der Waals surface area (Å²) >= 11 is 0. The Bertz CT molecular complexity index is 337. The Kier molecular flexibility index (Phi) is 15.4. The van der Waals surface area contributed by atoms with Crippen LogP contribution in [-0.2, 0) is 6.42 Å². The van der Waals surface area contributed by atoms with Gasteiger partial charge in [-0.2, -0.15) is 0 Å². The lowest BCUT2D eigenvalue weighted by Crippen LogP contribution is -3.05. The molecule has 2 N–H and O–H groups in total. The van der Waals surface area contributed by atoms with Gasteiger partial charge in [-0.15, -0.1) is 0 Å². The molecule has 0 heterocycles. The van der Waals surface area contributed by atoms with Gasteiger partial charge in [0.15, 0.2) is 0 Å². The van der Waals surface area contributed by atoms with E-state index in [-0.39, 0.29) is 5.48 Å². The number of benzene rings is 1. The summed E-state index contributed by atoms with van der Waals surface area (Å²) in [6.45, 7) is 1.34. The first-order chi connectivity index (χ1) is 10.8. The molecule has 0 aromatic heterocycles. The van der Waals surface area contributed by atoms with Crippen LogP contribution in [0.1, 0.15) is 76.2 Å². The van der Waals surface area contributed by atoms with E-state index in [9.17, 15) is 0 Å². The Morgan fingerprint density at radius 2 is 1.04 bits per heavy atom. The van der Waals surface area contributed by atoms with Crippen LogP contribution in [0.5, 0.6) is 0 Å². The predicted molar refractivity (Wildman–Crippen MR) is 101 cm³/mol. The van der Waals surface area contributed by atoms with E-state index < -0.39 is 0 Å². The van der Waals surface area contributed by atoms with Gasteiger partial charge in [-0.3, -0.25) is 0 Å². The molecule has 0 amide bonds. The number of rotatable bonds is 14. The zero-order chi connectivity index (χ0) is 15.9. The maximum atomic E-state index is 2.25. The number of nitrogens with one attached hydrogen (secondary N) is 1. The molecule has 2 heteroatoms. The topological polar surface area (TPSA) is 34.4 Å². The van der Waals surface area contributed by atoms with Gasteiger partial charge in [0.05, 0.1) is 20.6 Å². The second kappa shape index (κ2) is 16.0. The van der Waals surface area contributed by atoms with Gasteiger partial charge >= 0.3 is 0 Å². The molecule has 0 atom stereocenters. The van der Waals surface area contributed by atoms with Crippen LogP contribution in [0.3, 0.4) is 0 Å². The Hall–Kier alpha value is -0.860. The molecule has 1 aromatic rings. The van der Waals surface area contributed by atoms with Crippen molar-refractivity contribution < 1.29 is 10.4 Å². The SMILES string of the molecule is C[NH+](C)CCCCCCCCCCCCCc1ccccc1.[OH-]. The normalized spacial score (nSPS) is 10.7. The summed E-state index contributed by atoms with van der Waals surface area (Å²) in [5.74, 6) is 0. The lowest BCUT2D eigenvalue weighted by Gasteiger charge is -2.06. The molecule has 0 saturated heterocycles. The third-order valence-electron chi connectivity index (χ3n) is 4.49. The molecular formula is C21H39NO. The van der Waals surface area contributed by atoms with E-state index in [0.29, 0.717) is 0 Å². The Balaban J connectivity index is 0.00000484. The van der Waals surface area contributed by atoms with E-state index in [1.165, 1.54) is 89.2 Å². The van der Waals surface area contributed by atoms with Gasteiger partial charge in [0, 0.05) is 0 Å². The first kappa shape index (κ1) is 22.1. The van der Waals surface area contributed by atoms with Crippen LogP contribution in [0.2, 0.25) is 0 Å². The Morgan fingerprint density at radius 1 is 0.609 bits per heavy atom. The fourth-order valence-corrected chi connectivity index (χ4v) is 3.04. The van der Waals surface area contributed by atoms with Crippen LogP contribution in [0.15, 0.2) is 30.3 Å². The van der Waals surface area contributed by atoms with Gasteiger partial charge in [0.25, 0.3) is 0 Å². The molecule has 23 heavy (non-hydrogen) atoms. The molecule has 0 bridgehead atoms. The van der Waals surface area contributed by atoms with Crippen molar-refractivity contribution in [1.82, 2.24) is 0 Å². The Morgan fingerprint density at radius 3 is 1.52 bits per heavy atom. The number of aryl methyl sites for hydroxylation is 1. The first-order valence-electron chi connectivity index (χ1n) is 9.62. The molecular weight excluding hydrogens is 282 g/mol. The second-order valence-corrected chi connectivity index (χ2v) is 7.08. The fraction of sp³-hybridized carbons (Fsp3) is 0.714. The van der Waals surface area contributed by atoms with Crippen LogP contribution in [-0.4, -0.2) is 26.1 Å². The molecule has 134 valence electrons. The first-order valence-corrected chi connectivity index (χ1v) is 9.62. The molecule has 2 nitrogen and oxygen atoms in total. The highest BCUT2D eigenvalue weighted by molar-refractivity contribution is 5.14. The summed E-state index contributed by atoms with van der Waals surface area (Å²) in [5, 5.41) is 0. The van der Waals surface area contributed by atoms with Crippen LogP contribution >= 0.6 is 0 Å². The monoisotopic (exact) mass is 321 g/mol. The number of hydrogen-bond donors (Lipinski definition) is 1. The van der Waals surface area contributed by atoms with Crippen molar-refractivity contribution >= 4 is 0 Å². The van der Waals surface area contributed by atoms with Gasteiger partial charge < -0.3 is 10.4 Å². The summed E-state index contributed by atoms with van der Waals surface area (Å²) in [7, 11) is 4.50. The van der Waals surface area contributed by atoms with Crippen molar-refractivity contribution in [3.8, 4) is 0 Å². The van der Waals surface area contributed by atoms with E-state index in [4.69, 9.17) is 0 Å². The lowest BCUT2D eigenvalue weighted by atomic mass is 10.0. The average molecular weight is 322 g/mol. The largest absolute Gasteiger partial charge is 0.870 e. The van der Waals surface area contributed by atoms with Gasteiger partial charge in [-0.05, 0) is 31.2 Å². The lowest BCUT2D eigenvalue weighted by molar-refractivity contribution is -0.858. The predicted octanol–water partition coefficient (Wildman–Crippen LogP) is 4.49. The molecule has 1 rings (SSSR count). The van der Waals surface area contributed by atoms with E-state index >= 15 is 0 Å². The molecule has 0 radical (unpaired) electrons. The molecule has 0 unspecified atom stereocenters. The van der Waals surface area contributed by atoms with Crippen molar-refractivity contribution in [3.63, 3.8) is 0 Å². The van der Waals surface area contributed by atoms with Gasteiger partial charge in [0.1, 0.15) is 0 Å². The van der Waals surface area contributed by atoms with Crippen molar-refractivity contribution in [3.05, 3.63) is 35.9 Å². The van der Waals surface area contributed by atoms with Crippen LogP contribution in [0, 0.1) is 0 Å². The van der Waals surface area contributed by atoms with E-state index in [1.54, 1.807) is 4.90 Å². The van der Waals surface area contributed by atoms with Gasteiger partial charge in [-0.25, -0.2) is 0 Å². The van der Waals surface area contributed by atoms with Crippen molar-refractivity contribution in [1.29, 1.82) is 0 Å². The standard InChI is InChI=1S/C21H37N.H2O/c1-22(2)20-16-11-9-7-5-3-4-6-8-10-13-17-21-18-14-12-15-19-21;/h12,14-15,18-19H,3-11,13,16-17,20H2,1-2H3;1H2. The molecule has 0 saturated carbocycles. The molecule has 0 aliphatic carbocycles. The zero-order valence-corrected chi connectivity index (χ0v) is 15.5. The minimum atomic E-state index is 0. The number of quaternary nitrogens is 1. The highest BCUT2D eigenvalue weighted by Crippen LogP contribution is 2.12. The summed E-state index contributed by atoms with van der Waals surface area (Å²) in [6.07, 6.45) is 17.0. The quantitative estimate of drug-likeness (QED) is 0.503. The summed E-state index contributed by atoms with van der Waals surface area (Å²) < 4.78 is 0. The number of unbranched alkanes of at least 4 members (excludes halogenated alkanes) is 10. The fourth-order valence-electron chi connectivity index (χ4n) is 3.04. The molecule has 0 fully saturated rings. The maximum Gasteiger partial charge on any atom is 0.0766 e. The third kappa shape index (κ3) is 14.5. The van der Waals surface area contributed by atoms with Crippen molar-refractivity contribution in [2.75, 3.05) is 20.6 Å². The summed E-state index contributed by atoms with van der Waals surface area (Å²) in [4.78, 5) is 1.59. The summed E-state index contributed by atoms with van der Waals surface area (Å²) in [6, 6.07) is 10.9. The van der Waals surface area contributed by atoms with Gasteiger partial charge in [-0.1, -0.05) is 81.7 Å². The summed E-state index contributed by atoms with van der Waals surface area (Å²) in [5.41, 5.74) is 1.50.